The number of nitrogens with zero attached hydrogens (tertiary/aromatic N) is 4. The topological polar surface area (TPSA) is 147 Å². The first-order chi connectivity index (χ1) is 12.0. The fourth-order valence-electron chi connectivity index (χ4n) is 2.00. The Labute approximate surface area is 142 Å². The lowest BCUT2D eigenvalue weighted by molar-refractivity contribution is -0.383. The van der Waals surface area contributed by atoms with E-state index in [-0.39, 0.29) is 11.6 Å². The van der Waals surface area contributed by atoms with E-state index in [1.165, 1.54) is 27.5 Å². The Balaban J connectivity index is 2.29. The molecule has 0 saturated carbocycles. The van der Waals surface area contributed by atoms with E-state index in [0.717, 1.165) is 6.33 Å². The van der Waals surface area contributed by atoms with Crippen LogP contribution in [0.4, 0.5) is 17.3 Å². The maximum absolute atomic E-state index is 11.0. The Hall–Kier alpha value is -3.63. The lowest BCUT2D eigenvalue weighted by Gasteiger charge is -2.12. The molecular formula is C14H16N6O5. The first-order valence-corrected chi connectivity index (χ1v) is 6.85. The molecule has 1 heterocycles. The van der Waals surface area contributed by atoms with Crippen LogP contribution in [0.5, 0.6) is 17.2 Å². The molecule has 0 aliphatic carbocycles. The molecule has 25 heavy (non-hydrogen) atoms. The summed E-state index contributed by atoms with van der Waals surface area (Å²) >= 11 is 0. The molecule has 1 aromatic carbocycles. The molecule has 132 valence electrons. The molecule has 2 aromatic rings. The second kappa shape index (κ2) is 7.77. The highest BCUT2D eigenvalue weighted by Crippen LogP contribution is 2.37. The monoisotopic (exact) mass is 348 g/mol. The van der Waals surface area contributed by atoms with Gasteiger partial charge in [0.1, 0.15) is 6.33 Å². The van der Waals surface area contributed by atoms with Gasteiger partial charge in [-0.2, -0.15) is 5.10 Å². The minimum Gasteiger partial charge on any atom is -0.493 e. The maximum atomic E-state index is 11.0. The van der Waals surface area contributed by atoms with Crippen molar-refractivity contribution in [2.75, 3.05) is 32.5 Å². The summed E-state index contributed by atoms with van der Waals surface area (Å²) < 4.78 is 15.7. The summed E-state index contributed by atoms with van der Waals surface area (Å²) in [6, 6.07) is 3.32. The third-order valence-electron chi connectivity index (χ3n) is 3.10. The molecule has 0 aliphatic rings. The van der Waals surface area contributed by atoms with E-state index in [1.807, 2.05) is 0 Å². The first-order valence-electron chi connectivity index (χ1n) is 6.85. The molecule has 3 N–H and O–H groups in total. The minimum atomic E-state index is -0.688. The van der Waals surface area contributed by atoms with E-state index in [0.29, 0.717) is 22.8 Å². The zero-order chi connectivity index (χ0) is 18.4. The SMILES string of the molecule is COc1cc(C=NNc2ncnc(N)c2[N+](=O)[O-])cc(OC)c1OC. The number of hydrogen-bond donors (Lipinski definition) is 2. The fourth-order valence-corrected chi connectivity index (χ4v) is 2.00. The number of nitro groups is 1. The second-order valence-electron chi connectivity index (χ2n) is 4.54. The van der Waals surface area contributed by atoms with Crippen LogP contribution in [-0.4, -0.2) is 42.4 Å². The van der Waals surface area contributed by atoms with Gasteiger partial charge in [-0.15, -0.1) is 0 Å². The normalized spacial score (nSPS) is 10.5. The number of nitrogens with one attached hydrogen (secondary N) is 1. The van der Waals surface area contributed by atoms with Crippen LogP contribution in [0.3, 0.4) is 0 Å². The van der Waals surface area contributed by atoms with E-state index in [2.05, 4.69) is 20.5 Å². The lowest BCUT2D eigenvalue weighted by atomic mass is 10.2. The fraction of sp³-hybridized carbons (Fsp3) is 0.214. The van der Waals surface area contributed by atoms with Crippen LogP contribution in [0.1, 0.15) is 5.56 Å². The maximum Gasteiger partial charge on any atom is 0.354 e. The summed E-state index contributed by atoms with van der Waals surface area (Å²) in [6.45, 7) is 0. The Morgan fingerprint density at radius 2 is 1.84 bits per heavy atom. The van der Waals surface area contributed by atoms with Gasteiger partial charge in [-0.05, 0) is 12.1 Å². The predicted molar refractivity (Wildman–Crippen MR) is 90.4 cm³/mol. The Kier molecular flexibility index (Phi) is 5.50. The van der Waals surface area contributed by atoms with Gasteiger partial charge in [-0.25, -0.2) is 9.97 Å². The molecule has 0 amide bonds. The van der Waals surface area contributed by atoms with Crippen molar-refractivity contribution in [3.8, 4) is 17.2 Å². The molecule has 0 spiro atoms. The van der Waals surface area contributed by atoms with Crippen molar-refractivity contribution in [1.29, 1.82) is 0 Å². The van der Waals surface area contributed by atoms with Crippen molar-refractivity contribution < 1.29 is 19.1 Å². The Morgan fingerprint density at radius 3 is 2.36 bits per heavy atom. The summed E-state index contributed by atoms with van der Waals surface area (Å²) in [4.78, 5) is 17.7. The van der Waals surface area contributed by atoms with E-state index < -0.39 is 10.6 Å². The highest BCUT2D eigenvalue weighted by Gasteiger charge is 2.20. The van der Waals surface area contributed by atoms with Gasteiger partial charge in [0.05, 0.1) is 32.5 Å². The summed E-state index contributed by atoms with van der Waals surface area (Å²) in [5, 5.41) is 14.9. The smallest absolute Gasteiger partial charge is 0.354 e. The molecule has 0 bridgehead atoms. The number of hydrazone groups is 1. The van der Waals surface area contributed by atoms with Gasteiger partial charge in [0.25, 0.3) is 0 Å². The van der Waals surface area contributed by atoms with Gasteiger partial charge in [0.15, 0.2) is 11.5 Å². The number of ether oxygens (including phenoxy) is 3. The van der Waals surface area contributed by atoms with Crippen LogP contribution in [0.2, 0.25) is 0 Å². The van der Waals surface area contributed by atoms with Crippen LogP contribution in [0.25, 0.3) is 0 Å². The average molecular weight is 348 g/mol. The van der Waals surface area contributed by atoms with E-state index >= 15 is 0 Å². The molecule has 0 fully saturated rings. The van der Waals surface area contributed by atoms with Gasteiger partial charge in [0, 0.05) is 5.56 Å². The standard InChI is InChI=1S/C14H16N6O5/c1-23-9-4-8(5-10(24-2)12(9)25-3)6-18-19-14-11(20(21)22)13(15)16-7-17-14/h4-7H,1-3H3,(H3,15,16,17,19). The number of benzene rings is 1. The number of methoxy groups -OCH3 is 3. The van der Waals surface area contributed by atoms with Gasteiger partial charge >= 0.3 is 5.69 Å². The number of nitrogens with two attached hydrogens (primary N) is 1. The third kappa shape index (κ3) is 3.83. The van der Waals surface area contributed by atoms with Crippen LogP contribution >= 0.6 is 0 Å². The highest BCUT2D eigenvalue weighted by molar-refractivity contribution is 5.83. The van der Waals surface area contributed by atoms with Crippen LogP contribution in [0, 0.1) is 10.1 Å². The Bertz CT molecular complexity index is 785. The average Bonchev–Trinajstić information content (AvgIpc) is 2.60. The largest absolute Gasteiger partial charge is 0.493 e. The molecule has 0 atom stereocenters. The third-order valence-corrected chi connectivity index (χ3v) is 3.10. The van der Waals surface area contributed by atoms with Crippen molar-refractivity contribution in [1.82, 2.24) is 9.97 Å². The zero-order valence-electron chi connectivity index (χ0n) is 13.7. The van der Waals surface area contributed by atoms with Gasteiger partial charge < -0.3 is 19.9 Å². The van der Waals surface area contributed by atoms with E-state index in [1.54, 1.807) is 12.1 Å². The minimum absolute atomic E-state index is 0.124. The Morgan fingerprint density at radius 1 is 1.20 bits per heavy atom. The molecule has 2 rings (SSSR count). The lowest BCUT2D eigenvalue weighted by Crippen LogP contribution is -2.05. The summed E-state index contributed by atoms with van der Waals surface area (Å²) in [5.74, 6) is 0.946. The van der Waals surface area contributed by atoms with Gasteiger partial charge in [-0.3, -0.25) is 15.5 Å². The number of rotatable bonds is 7. The summed E-state index contributed by atoms with van der Waals surface area (Å²) in [5.41, 5.74) is 8.10. The molecule has 0 aliphatic heterocycles. The number of nitrogen functional groups attached to an aromatic ring is 1. The molecule has 0 radical (unpaired) electrons. The first kappa shape index (κ1) is 17.7. The van der Waals surface area contributed by atoms with Crippen LogP contribution < -0.4 is 25.4 Å². The predicted octanol–water partition coefficient (Wildman–Crippen LogP) is 1.44. The number of anilines is 2. The van der Waals surface area contributed by atoms with Crippen molar-refractivity contribution in [3.63, 3.8) is 0 Å². The van der Waals surface area contributed by atoms with E-state index in [9.17, 15) is 10.1 Å². The zero-order valence-corrected chi connectivity index (χ0v) is 13.7. The molecular weight excluding hydrogens is 332 g/mol. The highest BCUT2D eigenvalue weighted by atomic mass is 16.6. The summed E-state index contributed by atoms with van der Waals surface area (Å²) in [6.07, 6.45) is 2.51. The van der Waals surface area contributed by atoms with Crippen molar-refractivity contribution in [2.24, 2.45) is 5.10 Å². The molecule has 0 saturated heterocycles. The summed E-state index contributed by atoms with van der Waals surface area (Å²) in [7, 11) is 4.47. The van der Waals surface area contributed by atoms with Crippen molar-refractivity contribution >= 4 is 23.5 Å². The number of hydrogen-bond acceptors (Lipinski definition) is 10. The number of aromatic nitrogens is 2. The molecule has 0 unspecified atom stereocenters. The molecule has 11 nitrogen and oxygen atoms in total. The van der Waals surface area contributed by atoms with Crippen LogP contribution in [0.15, 0.2) is 23.6 Å². The van der Waals surface area contributed by atoms with Crippen LogP contribution in [-0.2, 0) is 0 Å². The van der Waals surface area contributed by atoms with Crippen molar-refractivity contribution in [2.45, 2.75) is 0 Å². The molecule has 1 aromatic heterocycles. The van der Waals surface area contributed by atoms with Gasteiger partial charge in [-0.1, -0.05) is 0 Å². The molecule has 11 heteroatoms. The second-order valence-corrected chi connectivity index (χ2v) is 4.54. The quantitative estimate of drug-likeness (QED) is 0.431. The van der Waals surface area contributed by atoms with E-state index in [4.69, 9.17) is 19.9 Å². The van der Waals surface area contributed by atoms with Gasteiger partial charge in [0.2, 0.25) is 17.4 Å². The van der Waals surface area contributed by atoms with Crippen molar-refractivity contribution in [3.05, 3.63) is 34.1 Å².